The first-order chi connectivity index (χ1) is 7.88. The number of H-pyrrole nitrogens is 1. The lowest BCUT2D eigenvalue weighted by Crippen LogP contribution is -2.38. The molecule has 0 amide bonds. The van der Waals surface area contributed by atoms with Gasteiger partial charge in [0.05, 0.1) is 0 Å². The molecular weight excluding hydrogens is 200 g/mol. The number of likely N-dealkylation sites (tertiary alicyclic amines) is 1. The van der Waals surface area contributed by atoms with E-state index >= 15 is 0 Å². The molecule has 2 heterocycles. The molecule has 1 fully saturated rings. The van der Waals surface area contributed by atoms with Crippen LogP contribution in [0.3, 0.4) is 0 Å². The largest absolute Gasteiger partial charge is 0.371 e. The summed E-state index contributed by atoms with van der Waals surface area (Å²) in [4.78, 5) is 5.63. The fraction of sp³-hybridized carbons (Fsp3) is 0.667. The minimum Gasteiger partial charge on any atom is -0.371 e. The molecule has 0 aliphatic carbocycles. The van der Waals surface area contributed by atoms with Gasteiger partial charge in [0.15, 0.2) is 0 Å². The van der Waals surface area contributed by atoms with Crippen molar-refractivity contribution in [2.75, 3.05) is 38.0 Å². The van der Waals surface area contributed by atoms with Gasteiger partial charge in [-0.1, -0.05) is 0 Å². The van der Waals surface area contributed by atoms with Crippen LogP contribution in [0.15, 0.2) is 18.3 Å². The summed E-state index contributed by atoms with van der Waals surface area (Å²) in [6.45, 7) is 5.32. The summed E-state index contributed by atoms with van der Waals surface area (Å²) >= 11 is 0. The van der Waals surface area contributed by atoms with Gasteiger partial charge in [-0.3, -0.25) is 0 Å². The van der Waals surface area contributed by atoms with E-state index in [0.29, 0.717) is 0 Å². The maximum Gasteiger partial charge on any atom is 0.103 e. The molecule has 0 atom stereocenters. The van der Waals surface area contributed by atoms with E-state index in [4.69, 9.17) is 5.73 Å². The molecule has 1 aromatic rings. The molecule has 0 aromatic carbocycles. The molecule has 1 aliphatic rings. The topological polar surface area (TPSA) is 57.1 Å². The van der Waals surface area contributed by atoms with E-state index in [-0.39, 0.29) is 0 Å². The van der Waals surface area contributed by atoms with Crippen molar-refractivity contribution in [2.45, 2.75) is 12.8 Å². The summed E-state index contributed by atoms with van der Waals surface area (Å²) in [5, 5.41) is 3.44. The van der Waals surface area contributed by atoms with E-state index in [9.17, 15) is 0 Å². The van der Waals surface area contributed by atoms with Gasteiger partial charge >= 0.3 is 0 Å². The second-order valence-electron chi connectivity index (χ2n) is 4.54. The Kier molecular flexibility index (Phi) is 4.25. The van der Waals surface area contributed by atoms with Crippen LogP contribution < -0.4 is 11.1 Å². The zero-order chi connectivity index (χ0) is 11.2. The molecule has 0 spiro atoms. The number of aromatic nitrogens is 1. The van der Waals surface area contributed by atoms with Crippen molar-refractivity contribution in [3.05, 3.63) is 18.3 Å². The highest BCUT2D eigenvalue weighted by molar-refractivity contribution is 5.34. The highest BCUT2D eigenvalue weighted by Crippen LogP contribution is 2.17. The predicted octanol–water partition coefficient (Wildman–Crippen LogP) is 1.10. The number of nitrogens with zero attached hydrogens (tertiary/aromatic N) is 1. The molecule has 16 heavy (non-hydrogen) atoms. The van der Waals surface area contributed by atoms with Gasteiger partial charge in [0.1, 0.15) is 5.82 Å². The van der Waals surface area contributed by atoms with Crippen molar-refractivity contribution < 1.29 is 0 Å². The number of hydrogen-bond acceptors (Lipinski definition) is 3. The first-order valence-electron chi connectivity index (χ1n) is 6.18. The monoisotopic (exact) mass is 222 g/mol. The third-order valence-corrected chi connectivity index (χ3v) is 3.33. The molecule has 2 rings (SSSR count). The van der Waals surface area contributed by atoms with Crippen LogP contribution in [0.4, 0.5) is 5.82 Å². The number of nitrogens with two attached hydrogens (primary N) is 1. The van der Waals surface area contributed by atoms with Crippen molar-refractivity contribution in [1.82, 2.24) is 9.88 Å². The Morgan fingerprint density at radius 3 is 2.88 bits per heavy atom. The Morgan fingerprint density at radius 2 is 2.25 bits per heavy atom. The van der Waals surface area contributed by atoms with Crippen molar-refractivity contribution in [1.29, 1.82) is 0 Å². The summed E-state index contributed by atoms with van der Waals surface area (Å²) in [6, 6.07) is 4.09. The number of piperidine rings is 1. The Balaban J connectivity index is 1.65. The fourth-order valence-electron chi connectivity index (χ4n) is 2.29. The summed E-state index contributed by atoms with van der Waals surface area (Å²) in [7, 11) is 0. The lowest BCUT2D eigenvalue weighted by Gasteiger charge is -2.31. The van der Waals surface area contributed by atoms with E-state index in [1.54, 1.807) is 0 Å². The molecule has 4 N–H and O–H groups in total. The lowest BCUT2D eigenvalue weighted by atomic mass is 9.97. The number of rotatable bonds is 5. The SMILES string of the molecule is NCCN1CCC(CNc2ccc[nH]2)CC1. The van der Waals surface area contributed by atoms with Gasteiger partial charge in [-0.25, -0.2) is 0 Å². The van der Waals surface area contributed by atoms with Crippen molar-refractivity contribution in [2.24, 2.45) is 11.7 Å². The third-order valence-electron chi connectivity index (χ3n) is 3.33. The molecule has 0 unspecified atom stereocenters. The maximum absolute atomic E-state index is 5.56. The maximum atomic E-state index is 5.56. The average Bonchev–Trinajstić information content (AvgIpc) is 2.82. The molecule has 4 heteroatoms. The van der Waals surface area contributed by atoms with Gasteiger partial charge in [-0.15, -0.1) is 0 Å². The normalized spacial score (nSPS) is 18.8. The standard InChI is InChI=1S/C12H22N4/c13-5-9-16-7-3-11(4-8-16)10-15-12-2-1-6-14-12/h1-2,6,11,14-15H,3-5,7-10,13H2. The zero-order valence-electron chi connectivity index (χ0n) is 9.78. The van der Waals surface area contributed by atoms with E-state index in [0.717, 1.165) is 31.4 Å². The molecule has 1 aromatic heterocycles. The van der Waals surface area contributed by atoms with Crippen LogP contribution in [0.1, 0.15) is 12.8 Å². The van der Waals surface area contributed by atoms with Gasteiger partial charge in [0.25, 0.3) is 0 Å². The van der Waals surface area contributed by atoms with Gasteiger partial charge in [-0.05, 0) is 44.0 Å². The van der Waals surface area contributed by atoms with Crippen LogP contribution in [0.25, 0.3) is 0 Å². The highest BCUT2D eigenvalue weighted by atomic mass is 15.1. The Labute approximate surface area is 97.2 Å². The molecule has 0 bridgehead atoms. The van der Waals surface area contributed by atoms with Crippen LogP contribution >= 0.6 is 0 Å². The van der Waals surface area contributed by atoms with Crippen LogP contribution in [-0.4, -0.2) is 42.6 Å². The Bertz CT molecular complexity index is 275. The van der Waals surface area contributed by atoms with Gasteiger partial charge in [0, 0.05) is 25.8 Å². The predicted molar refractivity (Wildman–Crippen MR) is 67.5 cm³/mol. The summed E-state index contributed by atoms with van der Waals surface area (Å²) in [5.41, 5.74) is 5.56. The highest BCUT2D eigenvalue weighted by Gasteiger charge is 2.18. The van der Waals surface area contributed by atoms with Crippen LogP contribution in [0, 0.1) is 5.92 Å². The molecule has 1 saturated heterocycles. The zero-order valence-corrected chi connectivity index (χ0v) is 9.78. The van der Waals surface area contributed by atoms with E-state index in [1.807, 2.05) is 12.3 Å². The molecule has 4 nitrogen and oxygen atoms in total. The van der Waals surface area contributed by atoms with E-state index in [1.165, 1.54) is 25.9 Å². The first-order valence-corrected chi connectivity index (χ1v) is 6.18. The summed E-state index contributed by atoms with van der Waals surface area (Å²) in [6.07, 6.45) is 4.52. The first kappa shape index (κ1) is 11.5. The van der Waals surface area contributed by atoms with E-state index < -0.39 is 0 Å². The summed E-state index contributed by atoms with van der Waals surface area (Å²) in [5.74, 6) is 1.93. The van der Waals surface area contributed by atoms with Crippen molar-refractivity contribution >= 4 is 5.82 Å². The van der Waals surface area contributed by atoms with Crippen molar-refractivity contribution in [3.63, 3.8) is 0 Å². The second kappa shape index (κ2) is 5.92. The number of anilines is 1. The Hall–Kier alpha value is -1.00. The Morgan fingerprint density at radius 1 is 1.44 bits per heavy atom. The molecule has 1 aliphatic heterocycles. The minimum absolute atomic E-state index is 0.783. The molecule has 0 radical (unpaired) electrons. The molecule has 90 valence electrons. The van der Waals surface area contributed by atoms with Gasteiger partial charge in [-0.2, -0.15) is 0 Å². The molecule has 0 saturated carbocycles. The fourth-order valence-corrected chi connectivity index (χ4v) is 2.29. The summed E-state index contributed by atoms with van der Waals surface area (Å²) < 4.78 is 0. The van der Waals surface area contributed by atoms with E-state index in [2.05, 4.69) is 21.3 Å². The minimum atomic E-state index is 0.783. The van der Waals surface area contributed by atoms with Gasteiger partial charge < -0.3 is 20.9 Å². The number of nitrogens with one attached hydrogen (secondary N) is 2. The number of aromatic amines is 1. The van der Waals surface area contributed by atoms with Crippen LogP contribution in [0.2, 0.25) is 0 Å². The smallest absolute Gasteiger partial charge is 0.103 e. The van der Waals surface area contributed by atoms with Crippen LogP contribution in [-0.2, 0) is 0 Å². The van der Waals surface area contributed by atoms with Crippen LogP contribution in [0.5, 0.6) is 0 Å². The lowest BCUT2D eigenvalue weighted by molar-refractivity contribution is 0.194. The average molecular weight is 222 g/mol. The third kappa shape index (κ3) is 3.25. The van der Waals surface area contributed by atoms with Gasteiger partial charge in [0.2, 0.25) is 0 Å². The molecular formula is C12H22N4. The second-order valence-corrected chi connectivity index (χ2v) is 4.54. The quantitative estimate of drug-likeness (QED) is 0.699. The number of hydrogen-bond donors (Lipinski definition) is 3. The van der Waals surface area contributed by atoms with Crippen molar-refractivity contribution in [3.8, 4) is 0 Å².